The standard InChI is InChI=1S/C10H16N2O2/c1-11-7-8-12(9(11)13)6-5-10(14)3-2-4-10/h7-8,14H,2-6H2,1H3. The van der Waals surface area contributed by atoms with E-state index in [9.17, 15) is 9.90 Å². The quantitative estimate of drug-likeness (QED) is 0.765. The molecule has 0 unspecified atom stereocenters. The van der Waals surface area contributed by atoms with Crippen molar-refractivity contribution < 1.29 is 5.11 Å². The number of hydrogen-bond donors (Lipinski definition) is 1. The molecule has 0 aliphatic heterocycles. The van der Waals surface area contributed by atoms with Crippen molar-refractivity contribution in [3.8, 4) is 0 Å². The first-order valence-corrected chi connectivity index (χ1v) is 5.05. The Balaban J connectivity index is 1.98. The molecule has 1 aliphatic rings. The lowest BCUT2D eigenvalue weighted by Crippen LogP contribution is -2.38. The molecule has 4 nitrogen and oxygen atoms in total. The molecule has 14 heavy (non-hydrogen) atoms. The Morgan fingerprint density at radius 1 is 1.50 bits per heavy atom. The van der Waals surface area contributed by atoms with Crippen molar-refractivity contribution in [2.45, 2.75) is 37.8 Å². The summed E-state index contributed by atoms with van der Waals surface area (Å²) in [4.78, 5) is 11.4. The summed E-state index contributed by atoms with van der Waals surface area (Å²) in [6.07, 6.45) is 7.08. The van der Waals surface area contributed by atoms with E-state index in [2.05, 4.69) is 0 Å². The molecule has 0 radical (unpaired) electrons. The van der Waals surface area contributed by atoms with E-state index >= 15 is 0 Å². The van der Waals surface area contributed by atoms with Crippen LogP contribution >= 0.6 is 0 Å². The third kappa shape index (κ3) is 1.62. The van der Waals surface area contributed by atoms with Crippen molar-refractivity contribution in [2.24, 2.45) is 7.05 Å². The molecule has 1 saturated carbocycles. The Morgan fingerprint density at radius 3 is 2.64 bits per heavy atom. The monoisotopic (exact) mass is 196 g/mol. The molecular weight excluding hydrogens is 180 g/mol. The lowest BCUT2D eigenvalue weighted by atomic mass is 9.78. The normalized spacial score (nSPS) is 19.3. The topological polar surface area (TPSA) is 47.2 Å². The maximum atomic E-state index is 11.4. The van der Waals surface area contributed by atoms with E-state index in [4.69, 9.17) is 0 Å². The number of hydrogen-bond acceptors (Lipinski definition) is 2. The first-order valence-electron chi connectivity index (χ1n) is 5.05. The van der Waals surface area contributed by atoms with Crippen molar-refractivity contribution >= 4 is 0 Å². The molecule has 1 N–H and O–H groups in total. The lowest BCUT2D eigenvalue weighted by molar-refractivity contribution is -0.0434. The summed E-state index contributed by atoms with van der Waals surface area (Å²) in [5, 5.41) is 9.85. The zero-order valence-electron chi connectivity index (χ0n) is 8.44. The molecule has 0 amide bonds. The second-order valence-corrected chi connectivity index (χ2v) is 4.21. The molecule has 0 saturated heterocycles. The van der Waals surface area contributed by atoms with Gasteiger partial charge in [-0.1, -0.05) is 0 Å². The van der Waals surface area contributed by atoms with Gasteiger partial charge in [0, 0.05) is 26.0 Å². The van der Waals surface area contributed by atoms with Crippen LogP contribution in [0.5, 0.6) is 0 Å². The van der Waals surface area contributed by atoms with Gasteiger partial charge < -0.3 is 9.67 Å². The number of aromatic nitrogens is 2. The minimum Gasteiger partial charge on any atom is -0.390 e. The molecule has 0 atom stereocenters. The smallest absolute Gasteiger partial charge is 0.327 e. The van der Waals surface area contributed by atoms with Crippen LogP contribution in [-0.2, 0) is 13.6 Å². The highest BCUT2D eigenvalue weighted by atomic mass is 16.3. The van der Waals surface area contributed by atoms with Crippen LogP contribution in [0.15, 0.2) is 17.2 Å². The predicted molar refractivity (Wildman–Crippen MR) is 53.1 cm³/mol. The molecule has 0 bridgehead atoms. The summed E-state index contributed by atoms with van der Waals surface area (Å²) in [5.41, 5.74) is -0.497. The highest BCUT2D eigenvalue weighted by molar-refractivity contribution is 4.88. The van der Waals surface area contributed by atoms with Crippen molar-refractivity contribution in [3.63, 3.8) is 0 Å². The number of rotatable bonds is 3. The Morgan fingerprint density at radius 2 is 2.21 bits per heavy atom. The lowest BCUT2D eigenvalue weighted by Gasteiger charge is -2.36. The second-order valence-electron chi connectivity index (χ2n) is 4.21. The average Bonchev–Trinajstić information content (AvgIpc) is 2.42. The molecular formula is C10H16N2O2. The van der Waals surface area contributed by atoms with Crippen LogP contribution in [0.25, 0.3) is 0 Å². The van der Waals surface area contributed by atoms with E-state index in [1.54, 1.807) is 28.6 Å². The molecule has 0 aromatic carbocycles. The van der Waals surface area contributed by atoms with Gasteiger partial charge in [-0.25, -0.2) is 4.79 Å². The average molecular weight is 196 g/mol. The fourth-order valence-electron chi connectivity index (χ4n) is 1.84. The minimum atomic E-state index is -0.491. The van der Waals surface area contributed by atoms with E-state index < -0.39 is 5.60 Å². The Bertz CT molecular complexity index is 374. The van der Waals surface area contributed by atoms with Gasteiger partial charge in [0.1, 0.15) is 0 Å². The zero-order chi connectivity index (χ0) is 10.2. The summed E-state index contributed by atoms with van der Waals surface area (Å²) in [6, 6.07) is 0. The van der Waals surface area contributed by atoms with E-state index in [0.29, 0.717) is 13.0 Å². The Kier molecular flexibility index (Phi) is 2.23. The van der Waals surface area contributed by atoms with Gasteiger partial charge in [-0.2, -0.15) is 0 Å². The molecule has 4 heteroatoms. The van der Waals surface area contributed by atoms with Crippen LogP contribution in [-0.4, -0.2) is 19.8 Å². The van der Waals surface area contributed by atoms with Crippen molar-refractivity contribution in [3.05, 3.63) is 22.9 Å². The van der Waals surface area contributed by atoms with E-state index in [0.717, 1.165) is 19.3 Å². The number of aliphatic hydroxyl groups is 1. The van der Waals surface area contributed by atoms with Crippen LogP contribution < -0.4 is 5.69 Å². The molecule has 1 aromatic heterocycles. The van der Waals surface area contributed by atoms with Gasteiger partial charge in [0.2, 0.25) is 0 Å². The van der Waals surface area contributed by atoms with Crippen LogP contribution in [0.4, 0.5) is 0 Å². The molecule has 1 aliphatic carbocycles. The fourth-order valence-corrected chi connectivity index (χ4v) is 1.84. The maximum Gasteiger partial charge on any atom is 0.327 e. The van der Waals surface area contributed by atoms with Gasteiger partial charge in [0.25, 0.3) is 0 Å². The summed E-state index contributed by atoms with van der Waals surface area (Å²) < 4.78 is 3.20. The fraction of sp³-hybridized carbons (Fsp3) is 0.700. The van der Waals surface area contributed by atoms with Gasteiger partial charge in [0.05, 0.1) is 5.60 Å². The van der Waals surface area contributed by atoms with E-state index in [-0.39, 0.29) is 5.69 Å². The maximum absolute atomic E-state index is 11.4. The van der Waals surface area contributed by atoms with Gasteiger partial charge in [-0.05, 0) is 25.7 Å². The van der Waals surface area contributed by atoms with Crippen molar-refractivity contribution in [2.75, 3.05) is 0 Å². The van der Waals surface area contributed by atoms with Crippen LogP contribution in [0.1, 0.15) is 25.7 Å². The number of imidazole rings is 1. The van der Waals surface area contributed by atoms with Gasteiger partial charge in [-0.15, -0.1) is 0 Å². The van der Waals surface area contributed by atoms with Crippen molar-refractivity contribution in [1.82, 2.24) is 9.13 Å². The minimum absolute atomic E-state index is 0.00655. The Labute approximate surface area is 82.8 Å². The molecule has 1 heterocycles. The van der Waals surface area contributed by atoms with Crippen LogP contribution in [0.3, 0.4) is 0 Å². The van der Waals surface area contributed by atoms with Crippen LogP contribution in [0.2, 0.25) is 0 Å². The molecule has 2 rings (SSSR count). The van der Waals surface area contributed by atoms with Crippen molar-refractivity contribution in [1.29, 1.82) is 0 Å². The summed E-state index contributed by atoms with van der Waals surface area (Å²) in [5.74, 6) is 0. The van der Waals surface area contributed by atoms with E-state index in [1.807, 2.05) is 0 Å². The first-order chi connectivity index (χ1) is 6.61. The Hall–Kier alpha value is -1.03. The molecule has 0 spiro atoms. The third-order valence-corrected chi connectivity index (χ3v) is 3.12. The third-order valence-electron chi connectivity index (χ3n) is 3.12. The second kappa shape index (κ2) is 3.28. The highest BCUT2D eigenvalue weighted by Gasteiger charge is 2.33. The van der Waals surface area contributed by atoms with Gasteiger partial charge >= 0.3 is 5.69 Å². The highest BCUT2D eigenvalue weighted by Crippen LogP contribution is 2.34. The van der Waals surface area contributed by atoms with E-state index in [1.165, 1.54) is 0 Å². The summed E-state index contributed by atoms with van der Waals surface area (Å²) >= 11 is 0. The number of nitrogens with zero attached hydrogens (tertiary/aromatic N) is 2. The largest absolute Gasteiger partial charge is 0.390 e. The molecule has 1 aromatic rings. The molecule has 1 fully saturated rings. The number of aryl methyl sites for hydroxylation is 2. The predicted octanol–water partition coefficient (Wildman–Crippen LogP) is 0.492. The molecule has 78 valence electrons. The van der Waals surface area contributed by atoms with Crippen LogP contribution in [0, 0.1) is 0 Å². The summed E-state index contributed by atoms with van der Waals surface area (Å²) in [7, 11) is 1.73. The first kappa shape index (κ1) is 9.52. The van der Waals surface area contributed by atoms with Gasteiger partial charge in [-0.3, -0.25) is 4.57 Å². The SMILES string of the molecule is Cn1ccn(CCC2(O)CCC2)c1=O. The summed E-state index contributed by atoms with van der Waals surface area (Å²) in [6.45, 7) is 0.621. The zero-order valence-corrected chi connectivity index (χ0v) is 8.44. The van der Waals surface area contributed by atoms with Gasteiger partial charge in [0.15, 0.2) is 0 Å².